The lowest BCUT2D eigenvalue weighted by molar-refractivity contribution is -0.141. The Morgan fingerprint density at radius 2 is 1.84 bits per heavy atom. The molecule has 0 amide bonds. The molecule has 2 rings (SSSR count). The average Bonchev–Trinajstić information content (AvgIpc) is 2.39. The Bertz CT molecular complexity index is 557. The number of benzene rings is 1. The number of hydrogen-bond acceptors (Lipinski definition) is 2. The SMILES string of the molecule is O=C(O)C(Cc1ccccc1)Cc1cncc(Br)c1. The number of aromatic nitrogens is 1. The summed E-state index contributed by atoms with van der Waals surface area (Å²) in [6.45, 7) is 0. The minimum atomic E-state index is -0.774. The molecular formula is C15H14BrNO2. The number of halogens is 1. The predicted molar refractivity (Wildman–Crippen MR) is 76.9 cm³/mol. The van der Waals surface area contributed by atoms with Crippen LogP contribution >= 0.6 is 15.9 Å². The smallest absolute Gasteiger partial charge is 0.307 e. The Labute approximate surface area is 120 Å². The number of hydrogen-bond donors (Lipinski definition) is 1. The van der Waals surface area contributed by atoms with Gasteiger partial charge in [-0.1, -0.05) is 30.3 Å². The molecule has 0 aliphatic heterocycles. The maximum Gasteiger partial charge on any atom is 0.307 e. The van der Waals surface area contributed by atoms with E-state index in [1.807, 2.05) is 36.4 Å². The molecule has 0 bridgehead atoms. The van der Waals surface area contributed by atoms with Gasteiger partial charge in [0, 0.05) is 16.9 Å². The van der Waals surface area contributed by atoms with Crippen LogP contribution in [0.5, 0.6) is 0 Å². The molecule has 4 heteroatoms. The molecule has 0 aliphatic carbocycles. The molecule has 0 radical (unpaired) electrons. The second kappa shape index (κ2) is 6.48. The molecule has 2 aromatic rings. The van der Waals surface area contributed by atoms with Crippen molar-refractivity contribution in [3.63, 3.8) is 0 Å². The van der Waals surface area contributed by atoms with Crippen molar-refractivity contribution in [2.24, 2.45) is 5.92 Å². The van der Waals surface area contributed by atoms with E-state index in [9.17, 15) is 9.90 Å². The highest BCUT2D eigenvalue weighted by molar-refractivity contribution is 9.10. The molecule has 0 saturated heterocycles. The first kappa shape index (κ1) is 13.7. The van der Waals surface area contributed by atoms with Gasteiger partial charge in [0.2, 0.25) is 0 Å². The number of carboxylic acids is 1. The topological polar surface area (TPSA) is 50.2 Å². The van der Waals surface area contributed by atoms with Crippen LogP contribution in [0.4, 0.5) is 0 Å². The van der Waals surface area contributed by atoms with Crippen molar-refractivity contribution < 1.29 is 9.90 Å². The van der Waals surface area contributed by atoms with E-state index in [1.54, 1.807) is 12.4 Å². The second-order valence-electron chi connectivity index (χ2n) is 4.44. The Kier molecular flexibility index (Phi) is 4.68. The van der Waals surface area contributed by atoms with E-state index in [0.717, 1.165) is 15.6 Å². The van der Waals surface area contributed by atoms with E-state index >= 15 is 0 Å². The van der Waals surface area contributed by atoms with Gasteiger partial charge in [-0.15, -0.1) is 0 Å². The summed E-state index contributed by atoms with van der Waals surface area (Å²) in [5.74, 6) is -1.21. The van der Waals surface area contributed by atoms with Crippen molar-refractivity contribution in [1.29, 1.82) is 0 Å². The zero-order valence-corrected chi connectivity index (χ0v) is 11.9. The monoisotopic (exact) mass is 319 g/mol. The summed E-state index contributed by atoms with van der Waals surface area (Å²) in [4.78, 5) is 15.4. The van der Waals surface area contributed by atoms with Gasteiger partial charge in [-0.25, -0.2) is 0 Å². The molecule has 3 nitrogen and oxygen atoms in total. The van der Waals surface area contributed by atoms with Gasteiger partial charge in [-0.2, -0.15) is 0 Å². The third-order valence-electron chi connectivity index (χ3n) is 2.92. The summed E-state index contributed by atoms with van der Waals surface area (Å²) in [6.07, 6.45) is 4.42. The summed E-state index contributed by atoms with van der Waals surface area (Å²) in [5.41, 5.74) is 1.97. The van der Waals surface area contributed by atoms with Gasteiger partial charge in [0.25, 0.3) is 0 Å². The highest BCUT2D eigenvalue weighted by Gasteiger charge is 2.18. The maximum absolute atomic E-state index is 11.4. The molecule has 1 aromatic carbocycles. The molecule has 0 saturated carbocycles. The van der Waals surface area contributed by atoms with Crippen molar-refractivity contribution in [2.75, 3.05) is 0 Å². The minimum Gasteiger partial charge on any atom is -0.481 e. The second-order valence-corrected chi connectivity index (χ2v) is 5.36. The van der Waals surface area contributed by atoms with Crippen molar-refractivity contribution in [2.45, 2.75) is 12.8 Å². The third-order valence-corrected chi connectivity index (χ3v) is 3.35. The fraction of sp³-hybridized carbons (Fsp3) is 0.200. The van der Waals surface area contributed by atoms with E-state index < -0.39 is 11.9 Å². The Morgan fingerprint density at radius 1 is 1.16 bits per heavy atom. The fourth-order valence-corrected chi connectivity index (χ4v) is 2.41. The standard InChI is InChI=1S/C15H14BrNO2/c16-14-8-12(9-17-10-14)7-13(15(18)19)6-11-4-2-1-3-5-11/h1-5,8-10,13H,6-7H2,(H,18,19). The highest BCUT2D eigenvalue weighted by Crippen LogP contribution is 2.17. The van der Waals surface area contributed by atoms with Crippen LogP contribution < -0.4 is 0 Å². The van der Waals surface area contributed by atoms with Crippen LogP contribution in [-0.4, -0.2) is 16.1 Å². The molecule has 98 valence electrons. The summed E-state index contributed by atoms with van der Waals surface area (Å²) in [5, 5.41) is 9.33. The van der Waals surface area contributed by atoms with E-state index in [0.29, 0.717) is 12.8 Å². The molecule has 1 N–H and O–H groups in total. The molecule has 1 heterocycles. The number of rotatable bonds is 5. The van der Waals surface area contributed by atoms with Gasteiger partial charge >= 0.3 is 5.97 Å². The lowest BCUT2D eigenvalue weighted by atomic mass is 9.93. The van der Waals surface area contributed by atoms with Crippen molar-refractivity contribution in [1.82, 2.24) is 4.98 Å². The normalized spacial score (nSPS) is 12.1. The molecule has 0 aliphatic rings. The molecule has 1 aromatic heterocycles. The lowest BCUT2D eigenvalue weighted by Crippen LogP contribution is -2.19. The fourth-order valence-electron chi connectivity index (χ4n) is 2.00. The quantitative estimate of drug-likeness (QED) is 0.919. The Hall–Kier alpha value is -1.68. The maximum atomic E-state index is 11.4. The van der Waals surface area contributed by atoms with Gasteiger partial charge in [0.05, 0.1) is 5.92 Å². The largest absolute Gasteiger partial charge is 0.481 e. The van der Waals surface area contributed by atoms with Gasteiger partial charge in [0.15, 0.2) is 0 Å². The molecular weight excluding hydrogens is 306 g/mol. The molecule has 1 atom stereocenters. The van der Waals surface area contributed by atoms with Crippen molar-refractivity contribution in [3.8, 4) is 0 Å². The van der Waals surface area contributed by atoms with Gasteiger partial charge in [-0.3, -0.25) is 9.78 Å². The van der Waals surface area contributed by atoms with Gasteiger partial charge in [0.1, 0.15) is 0 Å². The van der Waals surface area contributed by atoms with E-state index in [2.05, 4.69) is 20.9 Å². The predicted octanol–water partition coefficient (Wildman–Crippen LogP) is 3.33. The zero-order valence-electron chi connectivity index (χ0n) is 10.3. The van der Waals surface area contributed by atoms with Gasteiger partial charge < -0.3 is 5.11 Å². The van der Waals surface area contributed by atoms with Crippen LogP contribution in [0.15, 0.2) is 53.3 Å². The Balaban J connectivity index is 2.11. The van der Waals surface area contributed by atoms with Crippen LogP contribution in [0, 0.1) is 5.92 Å². The summed E-state index contributed by atoms with van der Waals surface area (Å²) in [6, 6.07) is 11.6. The summed E-state index contributed by atoms with van der Waals surface area (Å²) < 4.78 is 0.869. The van der Waals surface area contributed by atoms with Crippen LogP contribution in [0.3, 0.4) is 0 Å². The van der Waals surface area contributed by atoms with E-state index in [-0.39, 0.29) is 0 Å². The first-order valence-corrected chi connectivity index (χ1v) is 6.80. The Morgan fingerprint density at radius 3 is 2.47 bits per heavy atom. The average molecular weight is 320 g/mol. The minimum absolute atomic E-state index is 0.432. The summed E-state index contributed by atoms with van der Waals surface area (Å²) >= 11 is 3.35. The van der Waals surface area contributed by atoms with Crippen LogP contribution in [0.1, 0.15) is 11.1 Å². The van der Waals surface area contributed by atoms with Gasteiger partial charge in [-0.05, 0) is 46.0 Å². The first-order valence-electron chi connectivity index (χ1n) is 6.01. The third kappa shape index (κ3) is 4.17. The zero-order chi connectivity index (χ0) is 13.7. The van der Waals surface area contributed by atoms with Crippen molar-refractivity contribution in [3.05, 3.63) is 64.4 Å². The number of carboxylic acid groups (broad SMARTS) is 1. The molecule has 0 fully saturated rings. The van der Waals surface area contributed by atoms with Crippen LogP contribution in [0.25, 0.3) is 0 Å². The summed E-state index contributed by atoms with van der Waals surface area (Å²) in [7, 11) is 0. The molecule has 19 heavy (non-hydrogen) atoms. The molecule has 1 unspecified atom stereocenters. The van der Waals surface area contributed by atoms with Crippen LogP contribution in [0.2, 0.25) is 0 Å². The number of nitrogens with zero attached hydrogens (tertiary/aromatic N) is 1. The number of carbonyl (C=O) groups is 1. The number of pyridine rings is 1. The number of aliphatic carboxylic acids is 1. The lowest BCUT2D eigenvalue weighted by Gasteiger charge is -2.12. The first-order chi connectivity index (χ1) is 9.15. The molecule has 0 spiro atoms. The van der Waals surface area contributed by atoms with Crippen molar-refractivity contribution >= 4 is 21.9 Å². The van der Waals surface area contributed by atoms with Crippen LogP contribution in [-0.2, 0) is 17.6 Å². The highest BCUT2D eigenvalue weighted by atomic mass is 79.9. The van der Waals surface area contributed by atoms with E-state index in [1.165, 1.54) is 0 Å². The van der Waals surface area contributed by atoms with E-state index in [4.69, 9.17) is 0 Å².